The van der Waals surface area contributed by atoms with E-state index in [0.717, 1.165) is 23.8 Å². The van der Waals surface area contributed by atoms with Crippen molar-refractivity contribution >= 4 is 39.1 Å². The molecule has 2 atom stereocenters. The Labute approximate surface area is 220 Å². The van der Waals surface area contributed by atoms with Crippen LogP contribution < -0.4 is 9.62 Å². The minimum absolute atomic E-state index is 0.0127. The zero-order valence-corrected chi connectivity index (χ0v) is 23.4. The van der Waals surface area contributed by atoms with Crippen LogP contribution in [-0.2, 0) is 26.2 Å². The highest BCUT2D eigenvalue weighted by atomic mass is 35.5. The fraction of sp³-hybridized carbons (Fsp3) is 0.481. The van der Waals surface area contributed by atoms with Gasteiger partial charge in [0.1, 0.15) is 6.04 Å². The Balaban J connectivity index is 2.25. The maximum atomic E-state index is 13.5. The molecule has 1 N–H and O–H groups in total. The van der Waals surface area contributed by atoms with Gasteiger partial charge in [0, 0.05) is 30.6 Å². The smallest absolute Gasteiger partial charge is 0.243 e. The molecule has 0 saturated heterocycles. The lowest BCUT2D eigenvalue weighted by Gasteiger charge is -2.32. The molecule has 9 heteroatoms. The monoisotopic (exact) mass is 535 g/mol. The lowest BCUT2D eigenvalue weighted by atomic mass is 10.1. The van der Waals surface area contributed by atoms with Gasteiger partial charge in [-0.05, 0) is 56.4 Å². The predicted molar refractivity (Wildman–Crippen MR) is 147 cm³/mol. The molecule has 2 unspecified atom stereocenters. The Bertz CT molecular complexity index is 1140. The minimum Gasteiger partial charge on any atom is -0.352 e. The zero-order chi connectivity index (χ0) is 26.9. The van der Waals surface area contributed by atoms with Gasteiger partial charge in [0.15, 0.2) is 0 Å². The van der Waals surface area contributed by atoms with Gasteiger partial charge in [0.25, 0.3) is 0 Å². The number of nitrogens with one attached hydrogen (secondary N) is 1. The Morgan fingerprint density at radius 2 is 1.67 bits per heavy atom. The van der Waals surface area contributed by atoms with Crippen LogP contribution >= 0.6 is 11.6 Å². The van der Waals surface area contributed by atoms with Gasteiger partial charge >= 0.3 is 0 Å². The average molecular weight is 536 g/mol. The molecule has 0 fully saturated rings. The van der Waals surface area contributed by atoms with E-state index in [2.05, 4.69) is 5.32 Å². The number of anilines is 1. The third-order valence-electron chi connectivity index (χ3n) is 6.22. The lowest BCUT2D eigenvalue weighted by molar-refractivity contribution is -0.141. The van der Waals surface area contributed by atoms with Crippen LogP contribution in [0.4, 0.5) is 5.69 Å². The fourth-order valence-electron chi connectivity index (χ4n) is 4.00. The topological polar surface area (TPSA) is 86.8 Å². The molecular weight excluding hydrogens is 498 g/mol. The SMILES string of the molecule is CCC(C)NC(=O)C(CC)N(Cc1ccccc1Cl)C(=O)CCCN(c1ccccc1C)S(C)(=O)=O. The summed E-state index contributed by atoms with van der Waals surface area (Å²) in [5.74, 6) is -0.427. The highest BCUT2D eigenvalue weighted by molar-refractivity contribution is 7.92. The summed E-state index contributed by atoms with van der Waals surface area (Å²) in [6.07, 6.45) is 2.79. The highest BCUT2D eigenvalue weighted by Crippen LogP contribution is 2.24. The van der Waals surface area contributed by atoms with E-state index in [4.69, 9.17) is 11.6 Å². The molecule has 2 aromatic carbocycles. The molecule has 0 spiro atoms. The molecule has 2 aromatic rings. The van der Waals surface area contributed by atoms with Crippen LogP contribution in [0.2, 0.25) is 5.02 Å². The van der Waals surface area contributed by atoms with Gasteiger partial charge in [-0.15, -0.1) is 0 Å². The van der Waals surface area contributed by atoms with Crippen molar-refractivity contribution < 1.29 is 18.0 Å². The Kier molecular flexibility index (Phi) is 11.2. The number of amides is 2. The third-order valence-corrected chi connectivity index (χ3v) is 7.77. The summed E-state index contributed by atoms with van der Waals surface area (Å²) in [4.78, 5) is 28.1. The van der Waals surface area contributed by atoms with E-state index in [1.807, 2.05) is 58.0 Å². The molecule has 0 aliphatic carbocycles. The minimum atomic E-state index is -3.54. The first-order valence-electron chi connectivity index (χ1n) is 12.4. The molecule has 0 aliphatic heterocycles. The van der Waals surface area contributed by atoms with Crippen molar-refractivity contribution in [1.82, 2.24) is 10.2 Å². The summed E-state index contributed by atoms with van der Waals surface area (Å²) in [6.45, 7) is 7.99. The summed E-state index contributed by atoms with van der Waals surface area (Å²) >= 11 is 6.37. The van der Waals surface area contributed by atoms with Crippen LogP contribution in [-0.4, -0.2) is 50.0 Å². The summed E-state index contributed by atoms with van der Waals surface area (Å²) in [7, 11) is -3.54. The first kappa shape index (κ1) is 29.6. The molecule has 0 radical (unpaired) electrons. The average Bonchev–Trinajstić information content (AvgIpc) is 2.82. The summed E-state index contributed by atoms with van der Waals surface area (Å²) in [5.41, 5.74) is 2.18. The van der Waals surface area contributed by atoms with Gasteiger partial charge in [-0.2, -0.15) is 0 Å². The van der Waals surface area contributed by atoms with E-state index in [0.29, 0.717) is 23.6 Å². The van der Waals surface area contributed by atoms with Gasteiger partial charge in [-0.25, -0.2) is 8.42 Å². The lowest BCUT2D eigenvalue weighted by Crippen LogP contribution is -2.50. The predicted octanol–water partition coefficient (Wildman–Crippen LogP) is 4.92. The maximum Gasteiger partial charge on any atom is 0.243 e. The van der Waals surface area contributed by atoms with Crippen molar-refractivity contribution in [1.29, 1.82) is 0 Å². The number of nitrogens with zero attached hydrogens (tertiary/aromatic N) is 2. The second kappa shape index (κ2) is 13.7. The standard InChI is InChI=1S/C27H38ClN3O4S/c1-6-21(4)29-27(33)24(7-2)30(19-22-14-9-10-15-23(22)28)26(32)17-12-18-31(36(5,34)35)25-16-11-8-13-20(25)3/h8-11,13-16,21,24H,6-7,12,17-19H2,1-5H3,(H,29,33). The van der Waals surface area contributed by atoms with Crippen molar-refractivity contribution in [2.75, 3.05) is 17.1 Å². The largest absolute Gasteiger partial charge is 0.352 e. The van der Waals surface area contributed by atoms with Crippen LogP contribution in [0.1, 0.15) is 57.6 Å². The number of sulfonamides is 1. The molecule has 0 aromatic heterocycles. The molecule has 0 heterocycles. The highest BCUT2D eigenvalue weighted by Gasteiger charge is 2.30. The van der Waals surface area contributed by atoms with E-state index in [9.17, 15) is 18.0 Å². The normalized spacial score (nSPS) is 13.1. The van der Waals surface area contributed by atoms with Crippen molar-refractivity contribution in [2.24, 2.45) is 0 Å². The summed E-state index contributed by atoms with van der Waals surface area (Å²) < 4.78 is 26.4. The van der Waals surface area contributed by atoms with Crippen molar-refractivity contribution in [2.45, 2.75) is 72.0 Å². The second-order valence-electron chi connectivity index (χ2n) is 9.08. The number of halogens is 1. The molecule has 0 aliphatic rings. The number of carbonyl (C=O) groups excluding carboxylic acids is 2. The Hall–Kier alpha value is -2.58. The quantitative estimate of drug-likeness (QED) is 0.394. The number of para-hydroxylation sites is 1. The molecule has 0 saturated carbocycles. The first-order valence-corrected chi connectivity index (χ1v) is 14.6. The van der Waals surface area contributed by atoms with Gasteiger partial charge in [0.2, 0.25) is 21.8 Å². The van der Waals surface area contributed by atoms with Gasteiger partial charge in [0.05, 0.1) is 11.9 Å². The number of rotatable bonds is 13. The number of carbonyl (C=O) groups is 2. The molecule has 0 bridgehead atoms. The summed E-state index contributed by atoms with van der Waals surface area (Å²) in [5, 5.41) is 3.51. The Morgan fingerprint density at radius 1 is 1.03 bits per heavy atom. The van der Waals surface area contributed by atoms with Gasteiger partial charge < -0.3 is 10.2 Å². The van der Waals surface area contributed by atoms with Crippen LogP contribution in [0, 0.1) is 6.92 Å². The molecule has 7 nitrogen and oxygen atoms in total. The third kappa shape index (κ3) is 8.23. The van der Waals surface area contributed by atoms with Crippen LogP contribution in [0.25, 0.3) is 0 Å². The maximum absolute atomic E-state index is 13.5. The van der Waals surface area contributed by atoms with E-state index < -0.39 is 16.1 Å². The number of hydrogen-bond donors (Lipinski definition) is 1. The van der Waals surface area contributed by atoms with Crippen LogP contribution in [0.5, 0.6) is 0 Å². The van der Waals surface area contributed by atoms with E-state index >= 15 is 0 Å². The van der Waals surface area contributed by atoms with Gasteiger partial charge in [-0.3, -0.25) is 13.9 Å². The fourth-order valence-corrected chi connectivity index (χ4v) is 5.21. The number of aryl methyl sites for hydroxylation is 1. The number of benzene rings is 2. The van der Waals surface area contributed by atoms with Gasteiger partial charge in [-0.1, -0.05) is 61.8 Å². The first-order chi connectivity index (χ1) is 17.0. The molecule has 198 valence electrons. The summed E-state index contributed by atoms with van der Waals surface area (Å²) in [6, 6.07) is 13.8. The van der Waals surface area contributed by atoms with Crippen molar-refractivity contribution in [3.63, 3.8) is 0 Å². The molecule has 36 heavy (non-hydrogen) atoms. The molecule has 2 amide bonds. The van der Waals surface area contributed by atoms with E-state index in [1.165, 1.54) is 4.31 Å². The van der Waals surface area contributed by atoms with Crippen molar-refractivity contribution in [3.8, 4) is 0 Å². The molecule has 2 rings (SSSR count). The Morgan fingerprint density at radius 3 is 2.25 bits per heavy atom. The van der Waals surface area contributed by atoms with E-state index in [1.54, 1.807) is 23.1 Å². The van der Waals surface area contributed by atoms with Crippen molar-refractivity contribution in [3.05, 3.63) is 64.7 Å². The van der Waals surface area contributed by atoms with Crippen LogP contribution in [0.3, 0.4) is 0 Å². The van der Waals surface area contributed by atoms with Crippen LogP contribution in [0.15, 0.2) is 48.5 Å². The zero-order valence-electron chi connectivity index (χ0n) is 21.8. The molecular formula is C27H38ClN3O4S. The van der Waals surface area contributed by atoms with E-state index in [-0.39, 0.29) is 37.4 Å². The second-order valence-corrected chi connectivity index (χ2v) is 11.4. The number of hydrogen-bond acceptors (Lipinski definition) is 4.